The van der Waals surface area contributed by atoms with Crippen LogP contribution in [0.25, 0.3) is 0 Å². The maximum Gasteiger partial charge on any atom is 0.481 e. The van der Waals surface area contributed by atoms with Gasteiger partial charge in [-0.3, -0.25) is 4.52 Å². The van der Waals surface area contributed by atoms with Crippen molar-refractivity contribution in [2.24, 2.45) is 0 Å². The van der Waals surface area contributed by atoms with E-state index in [1.165, 1.54) is 63.0 Å². The smallest absolute Gasteiger partial charge is 0.302 e. The van der Waals surface area contributed by atoms with Crippen LogP contribution in [0.1, 0.15) is 192 Å². The maximum absolute atomic E-state index is 11.5. The average Bonchev–Trinajstić information content (AvgIpc) is 3.10. The first-order valence-electron chi connectivity index (χ1n) is 22.0. The van der Waals surface area contributed by atoms with Gasteiger partial charge in [0.1, 0.15) is 0 Å². The summed E-state index contributed by atoms with van der Waals surface area (Å²) in [6, 6.07) is 0. The first-order valence-corrected chi connectivity index (χ1v) is 25.0. The monoisotopic (exact) mass is 859 g/mol. The van der Waals surface area contributed by atoms with Gasteiger partial charge in [-0.25, -0.2) is 9.13 Å². The molecule has 0 saturated carbocycles. The Kier molecular flexibility index (Phi) is 32.0. The van der Waals surface area contributed by atoms with Crippen molar-refractivity contribution in [3.05, 3.63) is 116 Å². The molecule has 0 aliphatic rings. The van der Waals surface area contributed by atoms with Gasteiger partial charge in [-0.15, -0.1) is 0 Å². The van der Waals surface area contributed by atoms with E-state index in [1.807, 2.05) is 6.92 Å². The van der Waals surface area contributed by atoms with Gasteiger partial charge in [-0.2, -0.15) is 4.31 Å². The highest BCUT2D eigenvalue weighted by molar-refractivity contribution is 7.60. The Balaban J connectivity index is 4.30. The predicted octanol–water partition coefficient (Wildman–Crippen LogP) is 16.7. The van der Waals surface area contributed by atoms with Crippen molar-refractivity contribution < 1.29 is 32.6 Å². The molecule has 0 rings (SSSR count). The molecule has 7 nitrogen and oxygen atoms in total. The summed E-state index contributed by atoms with van der Waals surface area (Å²) < 4.78 is 30.6. The summed E-state index contributed by atoms with van der Waals surface area (Å²) in [6.45, 7) is 23.9. The molecule has 0 aliphatic heterocycles. The van der Waals surface area contributed by atoms with E-state index in [4.69, 9.17) is 9.79 Å². The summed E-state index contributed by atoms with van der Waals surface area (Å²) in [7, 11) is -9.91. The molecule has 0 aliphatic carbocycles. The van der Waals surface area contributed by atoms with Gasteiger partial charge in [0.25, 0.3) is 0 Å². The second-order valence-corrected chi connectivity index (χ2v) is 19.8. The van der Waals surface area contributed by atoms with Gasteiger partial charge in [0, 0.05) is 0 Å². The molecule has 0 radical (unpaired) electrons. The Bertz CT molecular complexity index is 1640. The molecule has 0 amide bonds. The standard InChI is InChI=1S/C50H84O7P2/c1-41(2)21-12-22-42(3)23-13-24-43(4)25-14-26-44(5)27-15-28-45(6)29-16-30-46(7)31-17-32-47(8)33-18-34-48(9)35-19-36-49(10)37-20-38-50(11)39-40-56-59(54,55)57-58(51,52)53/h21,23,25,27,29,31,33,35,37,39H,12-20,22,24,26,28,30,32,34,36,38,40H2,1-11H3,(H,54,55)(H2,51,52,53)/b42-23-,43-25-,44-27-,45-29-,46-31-,47-33-,48-35-,49-37+,50-39+. The SMILES string of the molecule is CC(C)=CCC/C(C)=C\CC/C(C)=C\CC/C(C)=C\CC/C(C)=C\CC/C(C)=C\CC/C(C)=C\CC/C(C)=C\CC/C(C)=C/CC/C(C)=C/COP(=O)(O)OP(=O)(O)O. The minimum Gasteiger partial charge on any atom is -0.302 e. The minimum absolute atomic E-state index is 0.273. The molecule has 9 heteroatoms. The van der Waals surface area contributed by atoms with Gasteiger partial charge in [-0.1, -0.05) is 116 Å². The largest absolute Gasteiger partial charge is 0.481 e. The van der Waals surface area contributed by atoms with E-state index in [1.54, 1.807) is 6.08 Å². The number of phosphoric ester groups is 1. The Hall–Kier alpha value is -2.34. The third-order valence-electron chi connectivity index (χ3n) is 10.2. The van der Waals surface area contributed by atoms with Gasteiger partial charge in [0.05, 0.1) is 6.61 Å². The predicted molar refractivity (Wildman–Crippen MR) is 255 cm³/mol. The molecule has 0 aromatic rings. The van der Waals surface area contributed by atoms with Gasteiger partial charge >= 0.3 is 15.6 Å². The summed E-state index contributed by atoms with van der Waals surface area (Å²) in [6.07, 6.45) is 42.5. The third kappa shape index (κ3) is 38.3. The fourth-order valence-corrected chi connectivity index (χ4v) is 7.84. The summed E-state index contributed by atoms with van der Waals surface area (Å²) in [5.74, 6) is 0. The zero-order chi connectivity index (χ0) is 44.7. The Morgan fingerprint density at radius 3 is 0.763 bits per heavy atom. The Morgan fingerprint density at radius 2 is 0.559 bits per heavy atom. The van der Waals surface area contributed by atoms with E-state index in [-0.39, 0.29) is 6.61 Å². The van der Waals surface area contributed by atoms with Crippen LogP contribution in [0.15, 0.2) is 116 Å². The number of hydrogen-bond donors (Lipinski definition) is 3. The fraction of sp³-hybridized carbons (Fsp3) is 0.600. The van der Waals surface area contributed by atoms with Crippen LogP contribution >= 0.6 is 15.6 Å². The summed E-state index contributed by atoms with van der Waals surface area (Å²) in [5.41, 5.74) is 14.1. The molecular weight excluding hydrogens is 774 g/mol. The molecule has 59 heavy (non-hydrogen) atoms. The molecule has 0 aromatic heterocycles. The molecule has 1 atom stereocenters. The molecule has 0 heterocycles. The van der Waals surface area contributed by atoms with Crippen molar-refractivity contribution in [2.75, 3.05) is 6.61 Å². The van der Waals surface area contributed by atoms with E-state index >= 15 is 0 Å². The second-order valence-electron chi connectivity index (χ2n) is 16.9. The lowest BCUT2D eigenvalue weighted by Crippen LogP contribution is -1.94. The van der Waals surface area contributed by atoms with Crippen molar-refractivity contribution in [3.8, 4) is 0 Å². The third-order valence-corrected chi connectivity index (χ3v) is 12.4. The molecule has 336 valence electrons. The summed E-state index contributed by atoms with van der Waals surface area (Å²) in [5, 5.41) is 0. The van der Waals surface area contributed by atoms with Crippen LogP contribution < -0.4 is 0 Å². The van der Waals surface area contributed by atoms with Crippen molar-refractivity contribution in [1.82, 2.24) is 0 Å². The lowest BCUT2D eigenvalue weighted by Gasteiger charge is -2.11. The highest BCUT2D eigenvalue weighted by Crippen LogP contribution is 2.57. The summed E-state index contributed by atoms with van der Waals surface area (Å²) in [4.78, 5) is 26.6. The first kappa shape index (κ1) is 56.7. The Labute approximate surface area is 361 Å². The topological polar surface area (TPSA) is 113 Å². The van der Waals surface area contributed by atoms with Gasteiger partial charge in [0.2, 0.25) is 0 Å². The van der Waals surface area contributed by atoms with Crippen molar-refractivity contribution >= 4 is 15.6 Å². The molecule has 0 saturated heterocycles. The Morgan fingerprint density at radius 1 is 0.356 bits per heavy atom. The highest BCUT2D eigenvalue weighted by atomic mass is 31.3. The number of rotatable bonds is 32. The van der Waals surface area contributed by atoms with Gasteiger partial charge in [-0.05, 0) is 192 Å². The fourth-order valence-electron chi connectivity index (χ4n) is 6.31. The molecular formula is C50H84O7P2. The second kappa shape index (κ2) is 33.3. The highest BCUT2D eigenvalue weighted by Gasteiger charge is 2.31. The van der Waals surface area contributed by atoms with Crippen LogP contribution in [0.4, 0.5) is 0 Å². The molecule has 0 bridgehead atoms. The van der Waals surface area contributed by atoms with Crippen LogP contribution in [0.3, 0.4) is 0 Å². The van der Waals surface area contributed by atoms with Crippen molar-refractivity contribution in [2.45, 2.75) is 192 Å². The van der Waals surface area contributed by atoms with Crippen LogP contribution in [-0.2, 0) is 18.0 Å². The number of phosphoric acid groups is 2. The average molecular weight is 859 g/mol. The lowest BCUT2D eigenvalue weighted by atomic mass is 10.0. The van der Waals surface area contributed by atoms with E-state index in [2.05, 4.69) is 133 Å². The summed E-state index contributed by atoms with van der Waals surface area (Å²) >= 11 is 0. The maximum atomic E-state index is 11.5. The number of hydrogen-bond acceptors (Lipinski definition) is 4. The molecule has 1 unspecified atom stereocenters. The van der Waals surface area contributed by atoms with Crippen molar-refractivity contribution in [3.63, 3.8) is 0 Å². The van der Waals surface area contributed by atoms with Crippen LogP contribution in [-0.4, -0.2) is 21.3 Å². The molecule has 0 fully saturated rings. The van der Waals surface area contributed by atoms with Crippen LogP contribution in [0.5, 0.6) is 0 Å². The zero-order valence-corrected chi connectivity index (χ0v) is 40.9. The van der Waals surface area contributed by atoms with Crippen LogP contribution in [0.2, 0.25) is 0 Å². The normalized spacial score (nSPS) is 15.9. The first-order chi connectivity index (χ1) is 27.7. The van der Waals surface area contributed by atoms with E-state index in [9.17, 15) is 14.0 Å². The van der Waals surface area contributed by atoms with E-state index < -0.39 is 15.6 Å². The molecule has 0 aromatic carbocycles. The number of allylic oxidation sites excluding steroid dienone is 19. The zero-order valence-electron chi connectivity index (χ0n) is 39.1. The van der Waals surface area contributed by atoms with Crippen LogP contribution in [0, 0.1) is 0 Å². The lowest BCUT2D eigenvalue weighted by molar-refractivity contribution is 0.191. The van der Waals surface area contributed by atoms with E-state index in [0.29, 0.717) is 0 Å². The van der Waals surface area contributed by atoms with E-state index in [0.717, 1.165) is 108 Å². The van der Waals surface area contributed by atoms with Gasteiger partial charge < -0.3 is 14.7 Å². The minimum atomic E-state index is -5.11. The van der Waals surface area contributed by atoms with Gasteiger partial charge in [0.15, 0.2) is 0 Å². The van der Waals surface area contributed by atoms with Crippen molar-refractivity contribution in [1.29, 1.82) is 0 Å². The molecule has 0 spiro atoms. The molecule has 3 N–H and O–H groups in total. The quantitative estimate of drug-likeness (QED) is 0.0456.